The van der Waals surface area contributed by atoms with E-state index in [1.807, 2.05) is 11.9 Å². The molecule has 0 N–H and O–H groups in total. The Morgan fingerprint density at radius 3 is 2.45 bits per heavy atom. The Bertz CT molecular complexity index is 170. The van der Waals surface area contributed by atoms with Gasteiger partial charge in [-0.15, -0.1) is 0 Å². The monoisotopic (exact) mass is 153 g/mol. The Hall–Kier alpha value is -0.530. The molecule has 0 saturated heterocycles. The second kappa shape index (κ2) is 2.50. The maximum Gasteiger partial charge on any atom is 0.225 e. The Morgan fingerprint density at radius 2 is 2.00 bits per heavy atom. The molecule has 2 heteroatoms. The summed E-state index contributed by atoms with van der Waals surface area (Å²) in [5, 5.41) is 0. The molecule has 0 aromatic heterocycles. The minimum atomic E-state index is 0.386. The Morgan fingerprint density at radius 1 is 1.36 bits per heavy atom. The summed E-state index contributed by atoms with van der Waals surface area (Å²) >= 11 is 0. The maximum absolute atomic E-state index is 11.4. The van der Waals surface area contributed by atoms with Gasteiger partial charge in [0.15, 0.2) is 0 Å². The molecular formula is C9H15NO. The van der Waals surface area contributed by atoms with Crippen LogP contribution in [0.2, 0.25) is 0 Å². The van der Waals surface area contributed by atoms with Gasteiger partial charge >= 0.3 is 0 Å². The van der Waals surface area contributed by atoms with Gasteiger partial charge in [0, 0.05) is 19.5 Å². The fourth-order valence-corrected chi connectivity index (χ4v) is 1.42. The molecule has 11 heavy (non-hydrogen) atoms. The van der Waals surface area contributed by atoms with Crippen molar-refractivity contribution >= 4 is 5.91 Å². The number of hydrogen-bond donors (Lipinski definition) is 0. The average Bonchev–Trinajstić information content (AvgIpc) is 2.81. The van der Waals surface area contributed by atoms with Crippen LogP contribution in [0.4, 0.5) is 0 Å². The number of hydrogen-bond acceptors (Lipinski definition) is 1. The molecule has 2 nitrogen and oxygen atoms in total. The maximum atomic E-state index is 11.4. The molecule has 0 aromatic rings. The fourth-order valence-electron chi connectivity index (χ4n) is 1.42. The average molecular weight is 153 g/mol. The highest BCUT2D eigenvalue weighted by Crippen LogP contribution is 2.33. The Balaban J connectivity index is 1.76. The molecule has 0 unspecified atom stereocenters. The van der Waals surface area contributed by atoms with Gasteiger partial charge in [0.25, 0.3) is 0 Å². The zero-order valence-electron chi connectivity index (χ0n) is 7.05. The van der Waals surface area contributed by atoms with E-state index >= 15 is 0 Å². The quantitative estimate of drug-likeness (QED) is 0.598. The van der Waals surface area contributed by atoms with Crippen molar-refractivity contribution < 1.29 is 4.79 Å². The van der Waals surface area contributed by atoms with Gasteiger partial charge in [-0.2, -0.15) is 0 Å². The van der Waals surface area contributed by atoms with E-state index in [-0.39, 0.29) is 0 Å². The van der Waals surface area contributed by atoms with Crippen molar-refractivity contribution in [1.29, 1.82) is 0 Å². The number of amides is 1. The molecule has 1 amide bonds. The van der Waals surface area contributed by atoms with Crippen LogP contribution in [0.5, 0.6) is 0 Å². The van der Waals surface area contributed by atoms with Crippen molar-refractivity contribution in [2.45, 2.75) is 25.7 Å². The highest BCUT2D eigenvalue weighted by molar-refractivity contribution is 5.80. The lowest BCUT2D eigenvalue weighted by Crippen LogP contribution is -2.29. The highest BCUT2D eigenvalue weighted by Gasteiger charge is 2.34. The second-order valence-electron chi connectivity index (χ2n) is 3.94. The summed E-state index contributed by atoms with van der Waals surface area (Å²) in [6.45, 7) is 1.01. The van der Waals surface area contributed by atoms with Gasteiger partial charge < -0.3 is 4.90 Å². The molecule has 0 atom stereocenters. The standard InChI is InChI=1S/C9H15NO/c1-10(6-7-2-3-7)9(11)8-4-5-8/h7-8H,2-6H2,1H3. The predicted octanol–water partition coefficient (Wildman–Crippen LogP) is 1.26. The summed E-state index contributed by atoms with van der Waals surface area (Å²) < 4.78 is 0. The van der Waals surface area contributed by atoms with Crippen molar-refractivity contribution in [3.63, 3.8) is 0 Å². The van der Waals surface area contributed by atoms with Crippen LogP contribution in [0, 0.1) is 11.8 Å². The van der Waals surface area contributed by atoms with Crippen LogP contribution < -0.4 is 0 Å². The lowest BCUT2D eigenvalue weighted by molar-refractivity contribution is -0.131. The molecule has 0 heterocycles. The van der Waals surface area contributed by atoms with E-state index in [1.54, 1.807) is 0 Å². The number of carbonyl (C=O) groups excluding carboxylic acids is 1. The van der Waals surface area contributed by atoms with Crippen LogP contribution in [-0.2, 0) is 4.79 Å². The lowest BCUT2D eigenvalue weighted by atomic mass is 10.3. The highest BCUT2D eigenvalue weighted by atomic mass is 16.2. The topological polar surface area (TPSA) is 20.3 Å². The van der Waals surface area contributed by atoms with Crippen molar-refractivity contribution in [3.05, 3.63) is 0 Å². The SMILES string of the molecule is CN(CC1CC1)C(=O)C1CC1. The summed E-state index contributed by atoms with van der Waals surface area (Å²) in [4.78, 5) is 13.3. The molecular weight excluding hydrogens is 138 g/mol. The van der Waals surface area contributed by atoms with E-state index in [1.165, 1.54) is 12.8 Å². The van der Waals surface area contributed by atoms with Crippen molar-refractivity contribution in [2.75, 3.05) is 13.6 Å². The minimum Gasteiger partial charge on any atom is -0.345 e. The van der Waals surface area contributed by atoms with Crippen molar-refractivity contribution in [1.82, 2.24) is 4.90 Å². The third kappa shape index (κ3) is 1.73. The molecule has 2 saturated carbocycles. The van der Waals surface area contributed by atoms with Crippen LogP contribution in [0.25, 0.3) is 0 Å². The van der Waals surface area contributed by atoms with Gasteiger partial charge in [0.2, 0.25) is 5.91 Å². The van der Waals surface area contributed by atoms with E-state index in [9.17, 15) is 4.79 Å². The van der Waals surface area contributed by atoms with Gasteiger partial charge in [-0.3, -0.25) is 4.79 Å². The van der Waals surface area contributed by atoms with Crippen LogP contribution in [0.15, 0.2) is 0 Å². The first kappa shape index (κ1) is 7.14. The van der Waals surface area contributed by atoms with Gasteiger partial charge in [0.05, 0.1) is 0 Å². The molecule has 0 aromatic carbocycles. The summed E-state index contributed by atoms with van der Waals surface area (Å²) in [6, 6.07) is 0. The first-order valence-electron chi connectivity index (χ1n) is 4.52. The largest absolute Gasteiger partial charge is 0.345 e. The Labute approximate surface area is 67.6 Å². The molecule has 62 valence electrons. The van der Waals surface area contributed by atoms with E-state index < -0.39 is 0 Å². The van der Waals surface area contributed by atoms with Gasteiger partial charge in [0.1, 0.15) is 0 Å². The predicted molar refractivity (Wildman–Crippen MR) is 43.1 cm³/mol. The fraction of sp³-hybridized carbons (Fsp3) is 0.889. The summed E-state index contributed by atoms with van der Waals surface area (Å²) in [7, 11) is 1.94. The molecule has 0 aliphatic heterocycles. The van der Waals surface area contributed by atoms with Crippen molar-refractivity contribution in [2.24, 2.45) is 11.8 Å². The van der Waals surface area contributed by atoms with E-state index in [0.717, 1.165) is 25.3 Å². The summed E-state index contributed by atoms with van der Waals surface area (Å²) in [5.74, 6) is 1.62. The summed E-state index contributed by atoms with van der Waals surface area (Å²) in [6.07, 6.45) is 4.94. The van der Waals surface area contributed by atoms with E-state index in [0.29, 0.717) is 11.8 Å². The Kier molecular flexibility index (Phi) is 1.63. The molecule has 2 fully saturated rings. The molecule has 2 aliphatic carbocycles. The minimum absolute atomic E-state index is 0.386. The van der Waals surface area contributed by atoms with Gasteiger partial charge in [-0.1, -0.05) is 0 Å². The van der Waals surface area contributed by atoms with Crippen molar-refractivity contribution in [3.8, 4) is 0 Å². The zero-order valence-corrected chi connectivity index (χ0v) is 7.05. The normalized spacial score (nSPS) is 23.4. The van der Waals surface area contributed by atoms with E-state index in [2.05, 4.69) is 0 Å². The molecule has 0 radical (unpaired) electrons. The number of nitrogens with zero attached hydrogens (tertiary/aromatic N) is 1. The smallest absolute Gasteiger partial charge is 0.225 e. The molecule has 0 spiro atoms. The summed E-state index contributed by atoms with van der Waals surface area (Å²) in [5.41, 5.74) is 0. The first-order chi connectivity index (χ1) is 5.27. The van der Waals surface area contributed by atoms with Crippen LogP contribution in [0.3, 0.4) is 0 Å². The second-order valence-corrected chi connectivity index (χ2v) is 3.94. The molecule has 0 bridgehead atoms. The van der Waals surface area contributed by atoms with Gasteiger partial charge in [-0.25, -0.2) is 0 Å². The van der Waals surface area contributed by atoms with Crippen LogP contribution in [-0.4, -0.2) is 24.4 Å². The van der Waals surface area contributed by atoms with Crippen LogP contribution >= 0.6 is 0 Å². The number of rotatable bonds is 3. The number of carbonyl (C=O) groups is 1. The van der Waals surface area contributed by atoms with Gasteiger partial charge in [-0.05, 0) is 31.6 Å². The lowest BCUT2D eigenvalue weighted by Gasteiger charge is -2.15. The first-order valence-corrected chi connectivity index (χ1v) is 4.52. The molecule has 2 rings (SSSR count). The third-order valence-electron chi connectivity index (χ3n) is 2.53. The van der Waals surface area contributed by atoms with E-state index in [4.69, 9.17) is 0 Å². The van der Waals surface area contributed by atoms with Crippen LogP contribution in [0.1, 0.15) is 25.7 Å². The third-order valence-corrected chi connectivity index (χ3v) is 2.53. The molecule has 2 aliphatic rings. The zero-order chi connectivity index (χ0) is 7.84.